The standard InChI is InChI=1S/C20H25N3O6S2/c1-22(2)31(27,28)16-8-10-19(29-3)17(13-16)21-20(24)15-7-9-18-14(12-15)6-5-11-23(18)30(4,25)26/h7-10,12-13H,5-6,11H2,1-4H3,(H,21,24). The molecule has 1 aliphatic rings. The van der Waals surface area contributed by atoms with Crippen LogP contribution in [-0.2, 0) is 26.5 Å². The van der Waals surface area contributed by atoms with Gasteiger partial charge in [0, 0.05) is 26.2 Å². The predicted octanol–water partition coefficient (Wildman–Crippen LogP) is 1.91. The molecule has 9 nitrogen and oxygen atoms in total. The summed E-state index contributed by atoms with van der Waals surface area (Å²) in [6.07, 6.45) is 2.47. The number of benzene rings is 2. The van der Waals surface area contributed by atoms with Crippen LogP contribution in [0.5, 0.6) is 5.75 Å². The Labute approximate surface area is 182 Å². The lowest BCUT2D eigenvalue weighted by atomic mass is 10.0. The van der Waals surface area contributed by atoms with Gasteiger partial charge in [-0.25, -0.2) is 21.1 Å². The molecule has 0 saturated carbocycles. The minimum atomic E-state index is -3.69. The van der Waals surface area contributed by atoms with E-state index in [0.717, 1.165) is 16.1 Å². The lowest BCUT2D eigenvalue weighted by molar-refractivity contribution is 0.102. The molecule has 11 heteroatoms. The van der Waals surface area contributed by atoms with Crippen molar-refractivity contribution in [3.05, 3.63) is 47.5 Å². The van der Waals surface area contributed by atoms with Crippen LogP contribution >= 0.6 is 0 Å². The number of sulfonamides is 2. The summed E-state index contributed by atoms with van der Waals surface area (Å²) in [5, 5.41) is 2.70. The van der Waals surface area contributed by atoms with Crippen molar-refractivity contribution in [2.45, 2.75) is 17.7 Å². The molecule has 0 aliphatic carbocycles. The zero-order valence-corrected chi connectivity index (χ0v) is 19.4. The van der Waals surface area contributed by atoms with Gasteiger partial charge in [-0.2, -0.15) is 0 Å². The number of nitrogens with one attached hydrogen (secondary N) is 1. The van der Waals surface area contributed by atoms with E-state index in [1.165, 1.54) is 43.7 Å². The van der Waals surface area contributed by atoms with Gasteiger partial charge in [0.25, 0.3) is 5.91 Å². The average molecular weight is 468 g/mol. The minimum Gasteiger partial charge on any atom is -0.495 e. The van der Waals surface area contributed by atoms with Crippen LogP contribution in [-0.4, -0.2) is 61.1 Å². The second kappa shape index (κ2) is 8.48. The van der Waals surface area contributed by atoms with E-state index in [9.17, 15) is 21.6 Å². The SMILES string of the molecule is COc1ccc(S(=O)(=O)N(C)C)cc1NC(=O)c1ccc2c(c1)CCCN2S(C)(=O)=O. The third-order valence-electron chi connectivity index (χ3n) is 5.02. The Morgan fingerprint density at radius 2 is 1.81 bits per heavy atom. The van der Waals surface area contributed by atoms with Gasteiger partial charge in [0.1, 0.15) is 5.75 Å². The Kier molecular flexibility index (Phi) is 6.30. The maximum Gasteiger partial charge on any atom is 0.255 e. The van der Waals surface area contributed by atoms with E-state index in [1.807, 2.05) is 0 Å². The summed E-state index contributed by atoms with van der Waals surface area (Å²) >= 11 is 0. The molecule has 2 aromatic rings. The lowest BCUT2D eigenvalue weighted by Crippen LogP contribution is -2.34. The molecule has 2 aromatic carbocycles. The molecule has 0 saturated heterocycles. The number of fused-ring (bicyclic) bond motifs is 1. The minimum absolute atomic E-state index is 0.0165. The molecule has 1 heterocycles. The highest BCUT2D eigenvalue weighted by molar-refractivity contribution is 7.92. The summed E-state index contributed by atoms with van der Waals surface area (Å²) in [6, 6.07) is 9.05. The molecular weight excluding hydrogens is 442 g/mol. The molecule has 3 rings (SSSR count). The van der Waals surface area contributed by atoms with Crippen molar-refractivity contribution in [1.82, 2.24) is 4.31 Å². The largest absolute Gasteiger partial charge is 0.495 e. The molecule has 0 atom stereocenters. The molecule has 0 unspecified atom stereocenters. The Bertz CT molecular complexity index is 1220. The van der Waals surface area contributed by atoms with E-state index < -0.39 is 26.0 Å². The van der Waals surface area contributed by atoms with Crippen molar-refractivity contribution >= 4 is 37.3 Å². The first-order chi connectivity index (χ1) is 14.4. The summed E-state index contributed by atoms with van der Waals surface area (Å²) < 4.78 is 56.6. The number of hydrogen-bond acceptors (Lipinski definition) is 6. The average Bonchev–Trinajstić information content (AvgIpc) is 2.71. The molecule has 1 N–H and O–H groups in total. The normalized spacial score (nSPS) is 14.3. The Morgan fingerprint density at radius 1 is 1.10 bits per heavy atom. The van der Waals surface area contributed by atoms with Crippen LogP contribution < -0.4 is 14.4 Å². The van der Waals surface area contributed by atoms with E-state index in [0.29, 0.717) is 36.4 Å². The zero-order valence-electron chi connectivity index (χ0n) is 17.7. The van der Waals surface area contributed by atoms with E-state index >= 15 is 0 Å². The monoisotopic (exact) mass is 467 g/mol. The van der Waals surface area contributed by atoms with Crippen molar-refractivity contribution in [3.8, 4) is 5.75 Å². The highest BCUT2D eigenvalue weighted by atomic mass is 32.2. The maximum atomic E-state index is 12.9. The molecule has 1 amide bonds. The van der Waals surface area contributed by atoms with Gasteiger partial charge < -0.3 is 10.1 Å². The number of nitrogens with zero attached hydrogens (tertiary/aromatic N) is 2. The fourth-order valence-electron chi connectivity index (χ4n) is 3.40. The van der Waals surface area contributed by atoms with Crippen LogP contribution in [0.3, 0.4) is 0 Å². The van der Waals surface area contributed by atoms with E-state index in [1.54, 1.807) is 18.2 Å². The van der Waals surface area contributed by atoms with Crippen molar-refractivity contribution < 1.29 is 26.4 Å². The summed E-state index contributed by atoms with van der Waals surface area (Å²) in [5.74, 6) is -0.149. The van der Waals surface area contributed by atoms with Gasteiger partial charge >= 0.3 is 0 Å². The number of carbonyl (C=O) groups is 1. The van der Waals surface area contributed by atoms with Crippen LogP contribution in [0.4, 0.5) is 11.4 Å². The van der Waals surface area contributed by atoms with Crippen LogP contribution in [0.2, 0.25) is 0 Å². The molecule has 31 heavy (non-hydrogen) atoms. The molecule has 0 spiro atoms. The van der Waals surface area contributed by atoms with Crippen molar-refractivity contribution in [2.75, 3.05) is 43.6 Å². The van der Waals surface area contributed by atoms with Crippen molar-refractivity contribution in [3.63, 3.8) is 0 Å². The summed E-state index contributed by atoms with van der Waals surface area (Å²) in [7, 11) is -2.83. The van der Waals surface area contributed by atoms with Gasteiger partial charge in [0.2, 0.25) is 20.0 Å². The van der Waals surface area contributed by atoms with Gasteiger partial charge in [0.05, 0.1) is 29.6 Å². The summed E-state index contributed by atoms with van der Waals surface area (Å²) in [4.78, 5) is 12.9. The van der Waals surface area contributed by atoms with Crippen LogP contribution in [0.25, 0.3) is 0 Å². The number of aryl methyl sites for hydroxylation is 1. The molecule has 0 aromatic heterocycles. The second-order valence-electron chi connectivity index (χ2n) is 7.39. The van der Waals surface area contributed by atoms with Gasteiger partial charge in [-0.15, -0.1) is 0 Å². The number of methoxy groups -OCH3 is 1. The fourth-order valence-corrected chi connectivity index (χ4v) is 5.32. The highest BCUT2D eigenvalue weighted by Crippen LogP contribution is 2.32. The maximum absolute atomic E-state index is 12.9. The van der Waals surface area contributed by atoms with Gasteiger partial charge in [-0.05, 0) is 54.8 Å². The Morgan fingerprint density at radius 3 is 2.42 bits per heavy atom. The number of carbonyl (C=O) groups excluding carboxylic acids is 1. The van der Waals surface area contributed by atoms with Crippen LogP contribution in [0.15, 0.2) is 41.3 Å². The van der Waals surface area contributed by atoms with E-state index in [2.05, 4.69) is 5.32 Å². The Balaban J connectivity index is 1.93. The van der Waals surface area contributed by atoms with Crippen LogP contribution in [0, 0.1) is 0 Å². The first-order valence-corrected chi connectivity index (χ1v) is 12.8. The van der Waals surface area contributed by atoms with Gasteiger partial charge in [-0.1, -0.05) is 0 Å². The third kappa shape index (κ3) is 4.68. The summed E-state index contributed by atoms with van der Waals surface area (Å²) in [5.41, 5.74) is 1.88. The highest BCUT2D eigenvalue weighted by Gasteiger charge is 2.25. The molecule has 0 radical (unpaired) electrons. The number of rotatable bonds is 6. The van der Waals surface area contributed by atoms with E-state index in [4.69, 9.17) is 4.74 Å². The molecule has 1 aliphatic heterocycles. The molecule has 168 valence electrons. The summed E-state index contributed by atoms with van der Waals surface area (Å²) in [6.45, 7) is 0.404. The zero-order chi connectivity index (χ0) is 23.0. The quantitative estimate of drug-likeness (QED) is 0.694. The smallest absolute Gasteiger partial charge is 0.255 e. The van der Waals surface area contributed by atoms with E-state index in [-0.39, 0.29) is 10.6 Å². The topological polar surface area (TPSA) is 113 Å². The number of anilines is 2. The van der Waals surface area contributed by atoms with Crippen molar-refractivity contribution in [2.24, 2.45) is 0 Å². The number of hydrogen-bond donors (Lipinski definition) is 1. The Hall–Kier alpha value is -2.63. The number of amides is 1. The first kappa shape index (κ1) is 23.0. The van der Waals surface area contributed by atoms with Crippen molar-refractivity contribution in [1.29, 1.82) is 0 Å². The predicted molar refractivity (Wildman–Crippen MR) is 119 cm³/mol. The lowest BCUT2D eigenvalue weighted by Gasteiger charge is -2.29. The third-order valence-corrected chi connectivity index (χ3v) is 8.01. The van der Waals surface area contributed by atoms with Gasteiger partial charge in [0.15, 0.2) is 0 Å². The second-order valence-corrected chi connectivity index (χ2v) is 11.4. The molecule has 0 bridgehead atoms. The van der Waals surface area contributed by atoms with Crippen LogP contribution in [0.1, 0.15) is 22.3 Å². The molecular formula is C20H25N3O6S2. The van der Waals surface area contributed by atoms with Gasteiger partial charge in [-0.3, -0.25) is 9.10 Å². The first-order valence-electron chi connectivity index (χ1n) is 9.47. The fraction of sp³-hybridized carbons (Fsp3) is 0.350. The number of ether oxygens (including phenoxy) is 1. The molecule has 0 fully saturated rings.